The number of hydrogen-bond donors (Lipinski definition) is 1. The third kappa shape index (κ3) is 3.70. The molecule has 1 aromatic heterocycles. The standard InChI is InChI=1S/C14H13ClINOS/c1-2-9-5-6-19-13(9)8-17-14(18)11-7-10(15)3-4-12(11)16/h3-7H,2,8H2,1H3,(H,17,18). The zero-order valence-corrected chi connectivity index (χ0v) is 14.1. The Morgan fingerprint density at radius 2 is 2.21 bits per heavy atom. The Bertz CT molecular complexity index is 597. The van der Waals surface area contributed by atoms with Crippen LogP contribution < -0.4 is 5.32 Å². The van der Waals surface area contributed by atoms with E-state index in [-0.39, 0.29) is 5.91 Å². The fourth-order valence-electron chi connectivity index (χ4n) is 1.76. The van der Waals surface area contributed by atoms with Crippen LogP contribution in [0.25, 0.3) is 0 Å². The Morgan fingerprint density at radius 3 is 2.95 bits per heavy atom. The van der Waals surface area contributed by atoms with Crippen LogP contribution in [0.5, 0.6) is 0 Å². The molecule has 0 bridgehead atoms. The summed E-state index contributed by atoms with van der Waals surface area (Å²) in [5, 5.41) is 5.59. The molecular weight excluding hydrogens is 393 g/mol. The molecule has 2 rings (SSSR count). The predicted octanol–water partition coefficient (Wildman–Crippen LogP) is 4.50. The highest BCUT2D eigenvalue weighted by Crippen LogP contribution is 2.19. The van der Waals surface area contributed by atoms with Gasteiger partial charge in [-0.05, 0) is 64.2 Å². The third-order valence-electron chi connectivity index (χ3n) is 2.80. The number of nitrogens with one attached hydrogen (secondary N) is 1. The molecule has 0 unspecified atom stereocenters. The molecule has 0 radical (unpaired) electrons. The van der Waals surface area contributed by atoms with Gasteiger partial charge in [-0.3, -0.25) is 4.79 Å². The van der Waals surface area contributed by atoms with Crippen molar-refractivity contribution in [1.29, 1.82) is 0 Å². The van der Waals surface area contributed by atoms with Gasteiger partial charge in [0.2, 0.25) is 0 Å². The fourth-order valence-corrected chi connectivity index (χ4v) is 3.43. The van der Waals surface area contributed by atoms with Crippen molar-refractivity contribution in [2.45, 2.75) is 19.9 Å². The van der Waals surface area contributed by atoms with Crippen LogP contribution in [0.2, 0.25) is 5.02 Å². The van der Waals surface area contributed by atoms with Gasteiger partial charge >= 0.3 is 0 Å². The van der Waals surface area contributed by atoms with Crippen LogP contribution >= 0.6 is 45.5 Å². The summed E-state index contributed by atoms with van der Waals surface area (Å²) < 4.78 is 0.904. The Hall–Kier alpha value is -0.590. The Labute approximate surface area is 135 Å². The lowest BCUT2D eigenvalue weighted by atomic mass is 10.2. The first kappa shape index (κ1) is 14.8. The van der Waals surface area contributed by atoms with Gasteiger partial charge in [0.1, 0.15) is 0 Å². The van der Waals surface area contributed by atoms with Crippen molar-refractivity contribution in [3.05, 3.63) is 54.2 Å². The summed E-state index contributed by atoms with van der Waals surface area (Å²) in [7, 11) is 0. The molecule has 2 aromatic rings. The monoisotopic (exact) mass is 405 g/mol. The number of thiophene rings is 1. The lowest BCUT2D eigenvalue weighted by Gasteiger charge is -2.07. The highest BCUT2D eigenvalue weighted by atomic mass is 127. The topological polar surface area (TPSA) is 29.1 Å². The first-order chi connectivity index (χ1) is 9.11. The number of halogens is 2. The van der Waals surface area contributed by atoms with Crippen LogP contribution in [0.1, 0.15) is 27.7 Å². The van der Waals surface area contributed by atoms with Crippen molar-refractivity contribution in [2.75, 3.05) is 0 Å². The summed E-state index contributed by atoms with van der Waals surface area (Å²) in [5.74, 6) is -0.0812. The molecule has 19 heavy (non-hydrogen) atoms. The zero-order valence-electron chi connectivity index (χ0n) is 10.4. The summed E-state index contributed by atoms with van der Waals surface area (Å²) >= 11 is 9.75. The molecule has 0 fully saturated rings. The number of aryl methyl sites for hydroxylation is 1. The normalized spacial score (nSPS) is 10.5. The number of hydrogen-bond acceptors (Lipinski definition) is 2. The SMILES string of the molecule is CCc1ccsc1CNC(=O)c1cc(Cl)ccc1I. The van der Waals surface area contributed by atoms with E-state index in [9.17, 15) is 4.79 Å². The van der Waals surface area contributed by atoms with E-state index in [1.807, 2.05) is 6.07 Å². The van der Waals surface area contributed by atoms with E-state index in [1.165, 1.54) is 10.4 Å². The van der Waals surface area contributed by atoms with Crippen molar-refractivity contribution >= 4 is 51.4 Å². The quantitative estimate of drug-likeness (QED) is 0.746. The van der Waals surface area contributed by atoms with E-state index in [2.05, 4.69) is 46.3 Å². The molecule has 1 amide bonds. The van der Waals surface area contributed by atoms with Gasteiger partial charge in [0.25, 0.3) is 5.91 Å². The van der Waals surface area contributed by atoms with Gasteiger partial charge in [-0.15, -0.1) is 11.3 Å². The second-order valence-corrected chi connectivity index (χ2v) is 6.63. The van der Waals surface area contributed by atoms with Gasteiger partial charge in [-0.25, -0.2) is 0 Å². The lowest BCUT2D eigenvalue weighted by Crippen LogP contribution is -2.23. The van der Waals surface area contributed by atoms with Crippen LogP contribution in [0.15, 0.2) is 29.6 Å². The highest BCUT2D eigenvalue weighted by molar-refractivity contribution is 14.1. The summed E-state index contributed by atoms with van der Waals surface area (Å²) in [5.41, 5.74) is 1.92. The second kappa shape index (κ2) is 6.72. The summed E-state index contributed by atoms with van der Waals surface area (Å²) in [6, 6.07) is 7.44. The minimum Gasteiger partial charge on any atom is -0.347 e. The van der Waals surface area contributed by atoms with E-state index >= 15 is 0 Å². The van der Waals surface area contributed by atoms with Gasteiger partial charge in [-0.1, -0.05) is 18.5 Å². The maximum atomic E-state index is 12.1. The van der Waals surface area contributed by atoms with Crippen LogP contribution in [0, 0.1) is 3.57 Å². The van der Waals surface area contributed by atoms with Crippen molar-refractivity contribution in [3.8, 4) is 0 Å². The molecule has 0 atom stereocenters. The first-order valence-corrected chi connectivity index (χ1v) is 8.24. The molecule has 0 saturated heterocycles. The van der Waals surface area contributed by atoms with Crippen LogP contribution in [-0.2, 0) is 13.0 Å². The Kier molecular flexibility index (Phi) is 5.24. The number of carbonyl (C=O) groups is 1. The molecule has 0 aliphatic heterocycles. The van der Waals surface area contributed by atoms with Crippen LogP contribution in [-0.4, -0.2) is 5.91 Å². The smallest absolute Gasteiger partial charge is 0.252 e. The first-order valence-electron chi connectivity index (χ1n) is 5.90. The predicted molar refractivity (Wildman–Crippen MR) is 89.0 cm³/mol. The van der Waals surface area contributed by atoms with E-state index in [4.69, 9.17) is 11.6 Å². The van der Waals surface area contributed by atoms with Gasteiger partial charge < -0.3 is 5.32 Å². The average molecular weight is 406 g/mol. The molecule has 1 heterocycles. The number of rotatable bonds is 4. The van der Waals surface area contributed by atoms with Gasteiger partial charge in [-0.2, -0.15) is 0 Å². The number of benzene rings is 1. The third-order valence-corrected chi connectivity index (χ3v) is 4.94. The van der Waals surface area contributed by atoms with E-state index in [0.717, 1.165) is 9.99 Å². The molecule has 0 saturated carbocycles. The molecular formula is C14H13ClINOS. The molecule has 5 heteroatoms. The Balaban J connectivity index is 2.07. The fraction of sp³-hybridized carbons (Fsp3) is 0.214. The van der Waals surface area contributed by atoms with Crippen LogP contribution in [0.4, 0.5) is 0 Å². The zero-order chi connectivity index (χ0) is 13.8. The molecule has 0 spiro atoms. The van der Waals surface area contributed by atoms with Crippen LogP contribution in [0.3, 0.4) is 0 Å². The van der Waals surface area contributed by atoms with Crippen molar-refractivity contribution in [2.24, 2.45) is 0 Å². The summed E-state index contributed by atoms with van der Waals surface area (Å²) in [6.07, 6.45) is 0.989. The Morgan fingerprint density at radius 1 is 1.42 bits per heavy atom. The van der Waals surface area contributed by atoms with E-state index < -0.39 is 0 Å². The largest absolute Gasteiger partial charge is 0.347 e. The molecule has 100 valence electrons. The minimum atomic E-state index is -0.0812. The number of amides is 1. The molecule has 2 nitrogen and oxygen atoms in total. The summed E-state index contributed by atoms with van der Waals surface area (Å²) in [4.78, 5) is 13.4. The van der Waals surface area contributed by atoms with Crippen molar-refractivity contribution in [1.82, 2.24) is 5.32 Å². The van der Waals surface area contributed by atoms with E-state index in [0.29, 0.717) is 17.1 Å². The van der Waals surface area contributed by atoms with Gasteiger partial charge in [0.05, 0.1) is 12.1 Å². The van der Waals surface area contributed by atoms with Crippen molar-refractivity contribution in [3.63, 3.8) is 0 Å². The highest BCUT2D eigenvalue weighted by Gasteiger charge is 2.11. The summed E-state index contributed by atoms with van der Waals surface area (Å²) in [6.45, 7) is 2.69. The van der Waals surface area contributed by atoms with Gasteiger partial charge in [0, 0.05) is 13.5 Å². The van der Waals surface area contributed by atoms with Crippen molar-refractivity contribution < 1.29 is 4.79 Å². The van der Waals surface area contributed by atoms with E-state index in [1.54, 1.807) is 23.5 Å². The maximum Gasteiger partial charge on any atom is 0.252 e. The molecule has 1 N–H and O–H groups in total. The molecule has 1 aromatic carbocycles. The maximum absolute atomic E-state index is 12.1. The number of carbonyl (C=O) groups excluding carboxylic acids is 1. The minimum absolute atomic E-state index is 0.0812. The molecule has 0 aliphatic rings. The molecule has 0 aliphatic carbocycles. The average Bonchev–Trinajstić information content (AvgIpc) is 2.86. The lowest BCUT2D eigenvalue weighted by molar-refractivity contribution is 0.0950. The van der Waals surface area contributed by atoms with Gasteiger partial charge in [0.15, 0.2) is 0 Å². The second-order valence-electron chi connectivity index (χ2n) is 4.03.